The quantitative estimate of drug-likeness (QED) is 0.252. The van der Waals surface area contributed by atoms with Crippen molar-refractivity contribution in [2.45, 2.75) is 49.2 Å². The second-order valence-corrected chi connectivity index (χ2v) is 12.2. The fraction of sp³-hybridized carbons (Fsp3) is 0.444. The van der Waals surface area contributed by atoms with Crippen molar-refractivity contribution in [3.8, 4) is 10.4 Å². The van der Waals surface area contributed by atoms with Gasteiger partial charge in [-0.05, 0) is 32.1 Å². The number of piperazine rings is 1. The molecule has 42 heavy (non-hydrogen) atoms. The van der Waals surface area contributed by atoms with E-state index in [9.17, 15) is 35.9 Å². The molecule has 7 nitrogen and oxygen atoms in total. The smallest absolute Gasteiger partial charge is 0.383 e. The van der Waals surface area contributed by atoms with E-state index in [1.165, 1.54) is 17.8 Å². The van der Waals surface area contributed by atoms with Crippen LogP contribution in [0, 0.1) is 0 Å². The maximum absolute atomic E-state index is 14.7. The number of halogens is 6. The molecular formula is C27H26F6N4O3S2. The Morgan fingerprint density at radius 2 is 1.81 bits per heavy atom. The molecule has 0 N–H and O–H groups in total. The molecule has 0 radical (unpaired) electrons. The number of hydrogen-bond donors (Lipinski definition) is 0. The van der Waals surface area contributed by atoms with Crippen molar-refractivity contribution in [3.63, 3.8) is 0 Å². The van der Waals surface area contributed by atoms with Gasteiger partial charge in [-0.15, -0.1) is 23.1 Å². The molecule has 3 aromatic rings. The number of carbonyl (C=O) groups excluding carboxylic acids is 1. The van der Waals surface area contributed by atoms with Gasteiger partial charge in [0.25, 0.3) is 0 Å². The third kappa shape index (κ3) is 5.19. The number of amides is 1. The lowest BCUT2D eigenvalue weighted by Crippen LogP contribution is -2.58. The van der Waals surface area contributed by atoms with Gasteiger partial charge in [0.05, 0.1) is 29.3 Å². The number of rotatable bonds is 5. The summed E-state index contributed by atoms with van der Waals surface area (Å²) in [6.45, 7) is 7.53. The summed E-state index contributed by atoms with van der Waals surface area (Å²) in [7, 11) is 1.43. The van der Waals surface area contributed by atoms with Gasteiger partial charge >= 0.3 is 18.0 Å². The Labute approximate surface area is 244 Å². The van der Waals surface area contributed by atoms with Gasteiger partial charge in [0.15, 0.2) is 0 Å². The molecule has 0 saturated carbocycles. The van der Waals surface area contributed by atoms with Gasteiger partial charge < -0.3 is 14.5 Å². The Bertz CT molecular complexity index is 1600. The molecule has 15 heteroatoms. The Hall–Kier alpha value is -3.04. The number of thioether (sulfide) groups is 1. The van der Waals surface area contributed by atoms with Gasteiger partial charge in [0.2, 0.25) is 5.91 Å². The summed E-state index contributed by atoms with van der Waals surface area (Å²) in [5.41, 5.74) is -3.11. The summed E-state index contributed by atoms with van der Waals surface area (Å²) in [4.78, 5) is 33.4. The van der Waals surface area contributed by atoms with Crippen LogP contribution in [0.5, 0.6) is 0 Å². The highest BCUT2D eigenvalue weighted by atomic mass is 32.2. The molecule has 1 saturated heterocycles. The van der Waals surface area contributed by atoms with Crippen LogP contribution in [0.4, 0.5) is 32.2 Å². The standard InChI is InChI=1S/C27H26F6N4O3S2/c1-5-20(38)36-13(2)8-35(9-14(36)3)24-17-7-18(27(31,32)33)21(19-6-15(11-41-19)26(28,29)30)23-22(17)37(25(39)34-24)16(10-40-4)12-42-23/h5-7,11,13-14,16H,1,8-10,12H2,2-4H3/t13-,14+,16-/m0/s1. The number of thiophene rings is 1. The van der Waals surface area contributed by atoms with Gasteiger partial charge in [0.1, 0.15) is 5.82 Å². The first-order valence-electron chi connectivity index (χ1n) is 12.8. The van der Waals surface area contributed by atoms with Crippen molar-refractivity contribution in [2.75, 3.05) is 37.5 Å². The van der Waals surface area contributed by atoms with E-state index >= 15 is 0 Å². The highest BCUT2D eigenvalue weighted by Gasteiger charge is 2.41. The SMILES string of the molecule is C=CC(=O)N1[C@H](C)CN(c2nc(=O)n3c4c(c(-c5cc(C(F)(F)F)cs5)c(C(F)(F)F)cc24)SC[C@@H]3COC)C[C@@H]1C. The number of anilines is 1. The molecule has 1 fully saturated rings. The molecule has 0 bridgehead atoms. The van der Waals surface area contributed by atoms with E-state index in [-0.39, 0.29) is 69.9 Å². The molecule has 0 spiro atoms. The number of nitrogens with zero attached hydrogens (tertiary/aromatic N) is 4. The number of benzene rings is 1. The summed E-state index contributed by atoms with van der Waals surface area (Å²) >= 11 is 1.61. The molecule has 2 aromatic heterocycles. The molecule has 2 aliphatic heterocycles. The Morgan fingerprint density at radius 1 is 1.14 bits per heavy atom. The van der Waals surface area contributed by atoms with E-state index in [0.717, 1.165) is 23.2 Å². The van der Waals surface area contributed by atoms with Crippen molar-refractivity contribution in [1.29, 1.82) is 0 Å². The van der Waals surface area contributed by atoms with Gasteiger partial charge in [-0.25, -0.2) is 4.79 Å². The van der Waals surface area contributed by atoms with Crippen LogP contribution in [-0.2, 0) is 21.9 Å². The second kappa shape index (κ2) is 10.9. The van der Waals surface area contributed by atoms with Crippen molar-refractivity contribution in [2.24, 2.45) is 0 Å². The molecule has 226 valence electrons. The zero-order valence-electron chi connectivity index (χ0n) is 22.7. The van der Waals surface area contributed by atoms with E-state index < -0.39 is 40.8 Å². The zero-order valence-corrected chi connectivity index (χ0v) is 24.3. The number of methoxy groups -OCH3 is 1. The fourth-order valence-corrected chi connectivity index (χ4v) is 8.13. The lowest BCUT2D eigenvalue weighted by Gasteiger charge is -2.45. The minimum Gasteiger partial charge on any atom is -0.383 e. The average molecular weight is 633 g/mol. The number of hydrogen-bond acceptors (Lipinski definition) is 7. The summed E-state index contributed by atoms with van der Waals surface area (Å²) < 4.78 is 91.0. The van der Waals surface area contributed by atoms with Crippen LogP contribution in [-0.4, -0.2) is 65.0 Å². The molecule has 2 aliphatic rings. The average Bonchev–Trinajstić information content (AvgIpc) is 3.40. The van der Waals surface area contributed by atoms with Crippen molar-refractivity contribution >= 4 is 45.7 Å². The van der Waals surface area contributed by atoms with E-state index in [1.54, 1.807) is 23.6 Å². The summed E-state index contributed by atoms with van der Waals surface area (Å²) in [5.74, 6) is -0.120. The van der Waals surface area contributed by atoms with Gasteiger partial charge in [-0.2, -0.15) is 31.3 Å². The third-order valence-electron chi connectivity index (χ3n) is 7.42. The number of ether oxygens (including phenoxy) is 1. The molecule has 3 atom stereocenters. The third-order valence-corrected chi connectivity index (χ3v) is 9.60. The zero-order chi connectivity index (χ0) is 30.7. The van der Waals surface area contributed by atoms with Gasteiger partial charge in [0, 0.05) is 64.1 Å². The van der Waals surface area contributed by atoms with Gasteiger partial charge in [-0.3, -0.25) is 9.36 Å². The van der Waals surface area contributed by atoms with Crippen LogP contribution in [0.2, 0.25) is 0 Å². The number of alkyl halides is 6. The van der Waals surface area contributed by atoms with Crippen LogP contribution >= 0.6 is 23.1 Å². The fourth-order valence-electron chi connectivity index (χ4n) is 5.77. The van der Waals surface area contributed by atoms with Crippen LogP contribution in [0.25, 0.3) is 21.3 Å². The predicted octanol–water partition coefficient (Wildman–Crippen LogP) is 6.07. The minimum absolute atomic E-state index is 0.0229. The predicted molar refractivity (Wildman–Crippen MR) is 149 cm³/mol. The molecule has 4 heterocycles. The summed E-state index contributed by atoms with van der Waals surface area (Å²) in [5, 5.41) is 0.829. The van der Waals surface area contributed by atoms with E-state index in [0.29, 0.717) is 17.4 Å². The maximum Gasteiger partial charge on any atom is 0.417 e. The van der Waals surface area contributed by atoms with Crippen LogP contribution in [0.1, 0.15) is 31.0 Å². The second-order valence-electron chi connectivity index (χ2n) is 10.3. The van der Waals surface area contributed by atoms with Crippen LogP contribution in [0.15, 0.2) is 39.9 Å². The monoisotopic (exact) mass is 632 g/mol. The lowest BCUT2D eigenvalue weighted by molar-refractivity contribution is -0.137. The summed E-state index contributed by atoms with van der Waals surface area (Å²) in [6.07, 6.45) is -8.48. The van der Waals surface area contributed by atoms with E-state index in [4.69, 9.17) is 4.74 Å². The minimum atomic E-state index is -4.93. The summed E-state index contributed by atoms with van der Waals surface area (Å²) in [6, 6.07) is 0.265. The van der Waals surface area contributed by atoms with Crippen LogP contribution in [0.3, 0.4) is 0 Å². The molecule has 1 amide bonds. The first kappa shape index (κ1) is 30.4. The molecular weight excluding hydrogens is 606 g/mol. The van der Waals surface area contributed by atoms with Crippen molar-refractivity contribution in [3.05, 3.63) is 51.8 Å². The molecule has 1 aromatic carbocycles. The Kier molecular flexibility index (Phi) is 7.90. The van der Waals surface area contributed by atoms with E-state index in [2.05, 4.69) is 11.6 Å². The number of aromatic nitrogens is 2. The normalized spacial score (nSPS) is 21.2. The number of carbonyl (C=O) groups is 1. The molecule has 0 unspecified atom stereocenters. The highest BCUT2D eigenvalue weighted by molar-refractivity contribution is 7.99. The largest absolute Gasteiger partial charge is 0.417 e. The molecule has 0 aliphatic carbocycles. The van der Waals surface area contributed by atoms with Gasteiger partial charge in [-0.1, -0.05) is 6.58 Å². The highest BCUT2D eigenvalue weighted by Crippen LogP contribution is 2.51. The lowest BCUT2D eigenvalue weighted by atomic mass is 9.99. The first-order chi connectivity index (χ1) is 19.7. The Balaban J connectivity index is 1.81. The Morgan fingerprint density at radius 3 is 2.36 bits per heavy atom. The first-order valence-corrected chi connectivity index (χ1v) is 14.7. The van der Waals surface area contributed by atoms with Crippen LogP contribution < -0.4 is 10.6 Å². The van der Waals surface area contributed by atoms with Crippen molar-refractivity contribution in [1.82, 2.24) is 14.5 Å². The van der Waals surface area contributed by atoms with Crippen molar-refractivity contribution < 1.29 is 35.9 Å². The van der Waals surface area contributed by atoms with E-state index in [1.807, 2.05) is 0 Å². The molecule has 5 rings (SSSR count). The maximum atomic E-state index is 14.7. The topological polar surface area (TPSA) is 67.7 Å².